The number of carboxylic acid groups (broad SMARTS) is 1. The first-order valence-electron chi connectivity index (χ1n) is 6.14. The molecule has 0 aromatic heterocycles. The standard InChI is InChI=1S/C13H24O2/c1-13(2,3)11(12(14)15)9-10-7-5-4-6-8-10/h10-11H,4-9H2,1-3H3,(H,14,15)/t11-/m0/s1. The summed E-state index contributed by atoms with van der Waals surface area (Å²) < 4.78 is 0. The summed E-state index contributed by atoms with van der Waals surface area (Å²) in [5.41, 5.74) is -0.108. The molecule has 88 valence electrons. The zero-order chi connectivity index (χ0) is 11.5. The van der Waals surface area contributed by atoms with Crippen molar-refractivity contribution in [2.24, 2.45) is 17.3 Å². The van der Waals surface area contributed by atoms with Crippen molar-refractivity contribution in [2.45, 2.75) is 59.3 Å². The molecule has 0 unspecified atom stereocenters. The number of hydrogen-bond donors (Lipinski definition) is 1. The van der Waals surface area contributed by atoms with Gasteiger partial charge in [0.25, 0.3) is 0 Å². The number of aliphatic carboxylic acids is 1. The van der Waals surface area contributed by atoms with Gasteiger partial charge in [-0.2, -0.15) is 0 Å². The van der Waals surface area contributed by atoms with Crippen LogP contribution in [-0.2, 0) is 4.79 Å². The van der Waals surface area contributed by atoms with Crippen molar-refractivity contribution in [1.29, 1.82) is 0 Å². The fourth-order valence-corrected chi connectivity index (χ4v) is 2.58. The third kappa shape index (κ3) is 3.84. The highest BCUT2D eigenvalue weighted by molar-refractivity contribution is 5.70. The molecule has 2 nitrogen and oxygen atoms in total. The topological polar surface area (TPSA) is 37.3 Å². The van der Waals surface area contributed by atoms with Gasteiger partial charge >= 0.3 is 5.97 Å². The monoisotopic (exact) mass is 212 g/mol. The van der Waals surface area contributed by atoms with Gasteiger partial charge in [0.15, 0.2) is 0 Å². The lowest BCUT2D eigenvalue weighted by Crippen LogP contribution is -2.31. The average Bonchev–Trinajstić information content (AvgIpc) is 2.13. The molecule has 1 aliphatic rings. The van der Waals surface area contributed by atoms with Gasteiger partial charge in [-0.15, -0.1) is 0 Å². The second kappa shape index (κ2) is 5.00. The number of hydrogen-bond acceptors (Lipinski definition) is 1. The molecule has 0 amide bonds. The van der Waals surface area contributed by atoms with E-state index in [9.17, 15) is 9.90 Å². The Bertz CT molecular complexity index is 209. The molecule has 1 rings (SSSR count). The van der Waals surface area contributed by atoms with Crippen molar-refractivity contribution < 1.29 is 9.90 Å². The first kappa shape index (κ1) is 12.5. The molecule has 0 saturated heterocycles. The van der Waals surface area contributed by atoms with E-state index < -0.39 is 5.97 Å². The molecule has 1 aliphatic carbocycles. The van der Waals surface area contributed by atoms with E-state index in [1.807, 2.05) is 20.8 Å². The number of carbonyl (C=O) groups is 1. The molecule has 0 spiro atoms. The van der Waals surface area contributed by atoms with Crippen molar-refractivity contribution in [2.75, 3.05) is 0 Å². The maximum atomic E-state index is 11.2. The maximum absolute atomic E-state index is 11.2. The van der Waals surface area contributed by atoms with Gasteiger partial charge in [-0.3, -0.25) is 4.79 Å². The van der Waals surface area contributed by atoms with Crippen LogP contribution in [-0.4, -0.2) is 11.1 Å². The average molecular weight is 212 g/mol. The first-order valence-corrected chi connectivity index (χ1v) is 6.14. The minimum Gasteiger partial charge on any atom is -0.481 e. The molecule has 0 heterocycles. The van der Waals surface area contributed by atoms with Crippen LogP contribution in [0.25, 0.3) is 0 Å². The fourth-order valence-electron chi connectivity index (χ4n) is 2.58. The summed E-state index contributed by atoms with van der Waals surface area (Å²) in [5, 5.41) is 9.24. The van der Waals surface area contributed by atoms with Crippen LogP contribution in [0.1, 0.15) is 59.3 Å². The molecule has 1 atom stereocenters. The van der Waals surface area contributed by atoms with Crippen molar-refractivity contribution in [1.82, 2.24) is 0 Å². The van der Waals surface area contributed by atoms with Crippen LogP contribution in [0.5, 0.6) is 0 Å². The summed E-state index contributed by atoms with van der Waals surface area (Å²) in [7, 11) is 0. The molecular formula is C13H24O2. The highest BCUT2D eigenvalue weighted by Crippen LogP contribution is 2.36. The summed E-state index contributed by atoms with van der Waals surface area (Å²) in [6, 6.07) is 0. The maximum Gasteiger partial charge on any atom is 0.307 e. The molecule has 0 aromatic rings. The highest BCUT2D eigenvalue weighted by atomic mass is 16.4. The molecule has 0 radical (unpaired) electrons. The van der Waals surface area contributed by atoms with E-state index in [1.165, 1.54) is 32.1 Å². The largest absolute Gasteiger partial charge is 0.481 e. The van der Waals surface area contributed by atoms with Crippen LogP contribution < -0.4 is 0 Å². The van der Waals surface area contributed by atoms with Gasteiger partial charge in [-0.1, -0.05) is 52.9 Å². The quantitative estimate of drug-likeness (QED) is 0.774. The number of rotatable bonds is 3. The Morgan fingerprint density at radius 2 is 1.80 bits per heavy atom. The summed E-state index contributed by atoms with van der Waals surface area (Å²) in [5.74, 6) is -0.146. The van der Waals surface area contributed by atoms with E-state index in [0.29, 0.717) is 5.92 Å². The molecular weight excluding hydrogens is 188 g/mol. The molecule has 15 heavy (non-hydrogen) atoms. The summed E-state index contributed by atoms with van der Waals surface area (Å²) in [6.45, 7) is 6.11. The van der Waals surface area contributed by atoms with E-state index in [-0.39, 0.29) is 11.3 Å². The van der Waals surface area contributed by atoms with Crippen molar-refractivity contribution >= 4 is 5.97 Å². The SMILES string of the molecule is CC(C)(C)[C@@H](CC1CCCCC1)C(=O)O. The van der Waals surface area contributed by atoms with Crippen molar-refractivity contribution in [3.05, 3.63) is 0 Å². The van der Waals surface area contributed by atoms with Crippen LogP contribution in [0.4, 0.5) is 0 Å². The molecule has 1 saturated carbocycles. The first-order chi connectivity index (χ1) is 6.91. The summed E-state index contributed by atoms with van der Waals surface area (Å²) >= 11 is 0. The second-order valence-corrected chi connectivity index (χ2v) is 6.00. The van der Waals surface area contributed by atoms with Crippen LogP contribution in [0.15, 0.2) is 0 Å². The molecule has 0 bridgehead atoms. The Morgan fingerprint density at radius 3 is 2.20 bits per heavy atom. The van der Waals surface area contributed by atoms with Gasteiger partial charge < -0.3 is 5.11 Å². The summed E-state index contributed by atoms with van der Waals surface area (Å²) in [4.78, 5) is 11.2. The second-order valence-electron chi connectivity index (χ2n) is 6.00. The van der Waals surface area contributed by atoms with Gasteiger partial charge in [-0.25, -0.2) is 0 Å². The third-order valence-electron chi connectivity index (χ3n) is 3.64. The number of carboxylic acids is 1. The zero-order valence-electron chi connectivity index (χ0n) is 10.3. The molecule has 2 heteroatoms. The van der Waals surface area contributed by atoms with E-state index >= 15 is 0 Å². The van der Waals surface area contributed by atoms with Crippen molar-refractivity contribution in [3.63, 3.8) is 0 Å². The minimum absolute atomic E-state index is 0.108. The predicted octanol–water partition coefficient (Wildman–Crippen LogP) is 3.70. The third-order valence-corrected chi connectivity index (χ3v) is 3.64. The van der Waals surface area contributed by atoms with Gasteiger partial charge in [0.1, 0.15) is 0 Å². The van der Waals surface area contributed by atoms with E-state index in [0.717, 1.165) is 6.42 Å². The summed E-state index contributed by atoms with van der Waals surface area (Å²) in [6.07, 6.45) is 7.27. The molecule has 1 N–H and O–H groups in total. The van der Waals surface area contributed by atoms with Crippen LogP contribution in [0, 0.1) is 17.3 Å². The van der Waals surface area contributed by atoms with Crippen LogP contribution in [0.3, 0.4) is 0 Å². The smallest absolute Gasteiger partial charge is 0.307 e. The van der Waals surface area contributed by atoms with E-state index in [2.05, 4.69) is 0 Å². The zero-order valence-corrected chi connectivity index (χ0v) is 10.3. The predicted molar refractivity (Wildman–Crippen MR) is 61.8 cm³/mol. The van der Waals surface area contributed by atoms with E-state index in [1.54, 1.807) is 0 Å². The molecule has 1 fully saturated rings. The van der Waals surface area contributed by atoms with Gasteiger partial charge in [0.2, 0.25) is 0 Å². The normalized spacial score (nSPS) is 21.3. The lowest BCUT2D eigenvalue weighted by Gasteiger charge is -2.32. The Hall–Kier alpha value is -0.530. The minimum atomic E-state index is -0.618. The molecule has 0 aromatic carbocycles. The van der Waals surface area contributed by atoms with Gasteiger partial charge in [-0.05, 0) is 17.8 Å². The Morgan fingerprint density at radius 1 is 1.27 bits per heavy atom. The van der Waals surface area contributed by atoms with Gasteiger partial charge in [0.05, 0.1) is 5.92 Å². The lowest BCUT2D eigenvalue weighted by atomic mass is 9.73. The fraction of sp³-hybridized carbons (Fsp3) is 0.923. The van der Waals surface area contributed by atoms with Crippen LogP contribution in [0.2, 0.25) is 0 Å². The van der Waals surface area contributed by atoms with Crippen LogP contribution >= 0.6 is 0 Å². The molecule has 0 aliphatic heterocycles. The van der Waals surface area contributed by atoms with Gasteiger partial charge in [0, 0.05) is 0 Å². The lowest BCUT2D eigenvalue weighted by molar-refractivity contribution is -0.146. The van der Waals surface area contributed by atoms with E-state index in [4.69, 9.17) is 0 Å². The Kier molecular flexibility index (Phi) is 4.18. The van der Waals surface area contributed by atoms with Crippen molar-refractivity contribution in [3.8, 4) is 0 Å². The highest BCUT2D eigenvalue weighted by Gasteiger charge is 2.33. The Labute approximate surface area is 93.1 Å². The Balaban J connectivity index is 2.54.